The van der Waals surface area contributed by atoms with Crippen LogP contribution in [0.25, 0.3) is 0 Å². The predicted molar refractivity (Wildman–Crippen MR) is 94.4 cm³/mol. The Bertz CT molecular complexity index is 507. The summed E-state index contributed by atoms with van der Waals surface area (Å²) in [6.07, 6.45) is 7.97. The van der Waals surface area contributed by atoms with Gasteiger partial charge >= 0.3 is 0 Å². The van der Waals surface area contributed by atoms with Crippen molar-refractivity contribution in [3.05, 3.63) is 0 Å². The molecule has 3 N–H and O–H groups in total. The molecule has 4 aliphatic rings. The Morgan fingerprint density at radius 3 is 2.42 bits per heavy atom. The summed E-state index contributed by atoms with van der Waals surface area (Å²) in [7, 11) is 0. The highest BCUT2D eigenvalue weighted by Crippen LogP contribution is 2.68. The van der Waals surface area contributed by atoms with E-state index >= 15 is 0 Å². The minimum atomic E-state index is -1.09. The fraction of sp³-hybridized carbons (Fsp3) is 1.00. The monoisotopic (exact) mass is 336 g/mol. The maximum atomic E-state index is 11.4. The molecule has 0 bridgehead atoms. The highest BCUT2D eigenvalue weighted by atomic mass is 16.3. The van der Waals surface area contributed by atoms with Gasteiger partial charge in [0.1, 0.15) is 0 Å². The van der Waals surface area contributed by atoms with E-state index in [4.69, 9.17) is 0 Å². The summed E-state index contributed by atoms with van der Waals surface area (Å²) in [6.45, 7) is 7.06. The molecule has 24 heavy (non-hydrogen) atoms. The molecule has 4 aliphatic carbocycles. The zero-order chi connectivity index (χ0) is 17.3. The lowest BCUT2D eigenvalue weighted by molar-refractivity contribution is -0.264. The molecule has 0 aliphatic heterocycles. The largest absolute Gasteiger partial charge is 0.393 e. The molecule has 0 aromatic rings. The van der Waals surface area contributed by atoms with E-state index in [1.165, 1.54) is 32.1 Å². The molecule has 3 nitrogen and oxygen atoms in total. The zero-order valence-electron chi connectivity index (χ0n) is 15.7. The average Bonchev–Trinajstić information content (AvgIpc) is 2.87. The van der Waals surface area contributed by atoms with Crippen LogP contribution in [0.2, 0.25) is 0 Å². The number of rotatable bonds is 1. The normalized spacial score (nSPS) is 60.2. The molecule has 0 aromatic carbocycles. The fourth-order valence-corrected chi connectivity index (χ4v) is 8.04. The molecule has 4 rings (SSSR count). The third kappa shape index (κ3) is 2.01. The van der Waals surface area contributed by atoms with Crippen LogP contribution < -0.4 is 0 Å². The molecular weight excluding hydrogens is 300 g/mol. The molecule has 138 valence electrons. The van der Waals surface area contributed by atoms with Crippen molar-refractivity contribution in [3.63, 3.8) is 0 Å². The lowest BCUT2D eigenvalue weighted by Gasteiger charge is -2.65. The molecule has 4 saturated carbocycles. The van der Waals surface area contributed by atoms with Crippen molar-refractivity contribution in [2.75, 3.05) is 0 Å². The van der Waals surface area contributed by atoms with Gasteiger partial charge in [0.15, 0.2) is 0 Å². The van der Waals surface area contributed by atoms with Crippen molar-refractivity contribution in [1.29, 1.82) is 0 Å². The Hall–Kier alpha value is -0.120. The Morgan fingerprint density at radius 2 is 1.71 bits per heavy atom. The molecule has 9 atom stereocenters. The summed E-state index contributed by atoms with van der Waals surface area (Å²) in [5.41, 5.74) is -0.891. The second-order valence-electron chi connectivity index (χ2n) is 10.1. The van der Waals surface area contributed by atoms with Gasteiger partial charge in [0.25, 0.3) is 0 Å². The summed E-state index contributed by atoms with van der Waals surface area (Å²) in [5.74, 6) is 2.61. The van der Waals surface area contributed by atoms with E-state index in [0.29, 0.717) is 29.6 Å². The molecule has 0 aromatic heterocycles. The Morgan fingerprint density at radius 1 is 0.958 bits per heavy atom. The summed E-state index contributed by atoms with van der Waals surface area (Å²) < 4.78 is 0. The first kappa shape index (κ1) is 17.3. The van der Waals surface area contributed by atoms with Crippen LogP contribution in [-0.2, 0) is 0 Å². The van der Waals surface area contributed by atoms with Gasteiger partial charge in [0.2, 0.25) is 0 Å². The molecule has 3 heteroatoms. The van der Waals surface area contributed by atoms with Crippen LogP contribution in [0, 0.1) is 34.5 Å². The lowest BCUT2D eigenvalue weighted by atomic mass is 9.42. The van der Waals surface area contributed by atoms with E-state index in [1.807, 2.05) is 0 Å². The summed E-state index contributed by atoms with van der Waals surface area (Å²) in [6, 6.07) is 0. The maximum Gasteiger partial charge on any atom is 0.0985 e. The van der Waals surface area contributed by atoms with Crippen molar-refractivity contribution >= 4 is 0 Å². The van der Waals surface area contributed by atoms with E-state index in [9.17, 15) is 15.3 Å². The van der Waals surface area contributed by atoms with Crippen LogP contribution in [-0.4, -0.2) is 33.1 Å². The highest BCUT2D eigenvalue weighted by molar-refractivity contribution is 5.16. The SMILES string of the molecule is CCC1CCC2C3CC(O)C4(O)CC(O)CCC4(C)C3CCC12C. The second kappa shape index (κ2) is 5.44. The van der Waals surface area contributed by atoms with E-state index in [-0.39, 0.29) is 5.41 Å². The minimum Gasteiger partial charge on any atom is -0.393 e. The molecule has 0 radical (unpaired) electrons. The molecule has 0 saturated heterocycles. The maximum absolute atomic E-state index is 11.4. The van der Waals surface area contributed by atoms with E-state index in [0.717, 1.165) is 25.2 Å². The van der Waals surface area contributed by atoms with E-state index < -0.39 is 17.8 Å². The minimum absolute atomic E-state index is 0.236. The van der Waals surface area contributed by atoms with Crippen molar-refractivity contribution in [1.82, 2.24) is 0 Å². The highest BCUT2D eigenvalue weighted by Gasteiger charge is 2.67. The standard InChI is InChI=1S/C21H36O3/c1-4-13-5-6-16-15-11-18(23)21(24)12-14(22)7-10-20(21,3)17(15)8-9-19(13,16)2/h13-18,22-24H,4-12H2,1-3H3. The number of aliphatic hydroxyl groups excluding tert-OH is 2. The summed E-state index contributed by atoms with van der Waals surface area (Å²) in [5, 5.41) is 32.5. The number of hydrogen-bond acceptors (Lipinski definition) is 3. The fourth-order valence-electron chi connectivity index (χ4n) is 8.04. The Labute approximate surface area is 146 Å². The van der Waals surface area contributed by atoms with Gasteiger partial charge in [-0.3, -0.25) is 0 Å². The first-order valence-corrected chi connectivity index (χ1v) is 10.3. The quantitative estimate of drug-likeness (QED) is 0.687. The first-order chi connectivity index (χ1) is 11.3. The number of hydrogen-bond donors (Lipinski definition) is 3. The smallest absolute Gasteiger partial charge is 0.0985 e. The van der Waals surface area contributed by atoms with Crippen molar-refractivity contribution in [3.8, 4) is 0 Å². The van der Waals surface area contributed by atoms with Gasteiger partial charge in [-0.05, 0) is 74.0 Å². The van der Waals surface area contributed by atoms with Crippen LogP contribution in [0.5, 0.6) is 0 Å². The van der Waals surface area contributed by atoms with Crippen LogP contribution >= 0.6 is 0 Å². The van der Waals surface area contributed by atoms with Gasteiger partial charge in [-0.1, -0.05) is 27.2 Å². The Kier molecular flexibility index (Phi) is 3.92. The molecular formula is C21H36O3. The van der Waals surface area contributed by atoms with Crippen molar-refractivity contribution in [2.24, 2.45) is 34.5 Å². The van der Waals surface area contributed by atoms with Crippen LogP contribution in [0.4, 0.5) is 0 Å². The van der Waals surface area contributed by atoms with Gasteiger partial charge in [-0.25, -0.2) is 0 Å². The predicted octanol–water partition coefficient (Wildman–Crippen LogP) is 3.50. The summed E-state index contributed by atoms with van der Waals surface area (Å²) >= 11 is 0. The number of aliphatic hydroxyl groups is 3. The van der Waals surface area contributed by atoms with E-state index in [2.05, 4.69) is 20.8 Å². The third-order valence-corrected chi connectivity index (χ3v) is 9.52. The van der Waals surface area contributed by atoms with E-state index in [1.54, 1.807) is 0 Å². The van der Waals surface area contributed by atoms with Crippen LogP contribution in [0.3, 0.4) is 0 Å². The van der Waals surface area contributed by atoms with Gasteiger partial charge < -0.3 is 15.3 Å². The molecule has 4 fully saturated rings. The molecule has 0 amide bonds. The zero-order valence-corrected chi connectivity index (χ0v) is 15.7. The first-order valence-electron chi connectivity index (χ1n) is 10.3. The van der Waals surface area contributed by atoms with Gasteiger partial charge in [-0.15, -0.1) is 0 Å². The van der Waals surface area contributed by atoms with Gasteiger partial charge in [0.05, 0.1) is 17.8 Å². The molecule has 0 spiro atoms. The average molecular weight is 337 g/mol. The van der Waals surface area contributed by atoms with Crippen molar-refractivity contribution in [2.45, 2.75) is 96.4 Å². The topological polar surface area (TPSA) is 60.7 Å². The van der Waals surface area contributed by atoms with Gasteiger partial charge in [0, 0.05) is 11.8 Å². The lowest BCUT2D eigenvalue weighted by Crippen LogP contribution is -2.68. The van der Waals surface area contributed by atoms with Crippen LogP contribution in [0.15, 0.2) is 0 Å². The number of fused-ring (bicyclic) bond motifs is 5. The second-order valence-corrected chi connectivity index (χ2v) is 10.1. The molecule has 0 heterocycles. The van der Waals surface area contributed by atoms with Crippen molar-refractivity contribution < 1.29 is 15.3 Å². The van der Waals surface area contributed by atoms with Gasteiger partial charge in [-0.2, -0.15) is 0 Å². The third-order valence-electron chi connectivity index (χ3n) is 9.52. The molecule has 9 unspecified atom stereocenters. The Balaban J connectivity index is 1.69. The summed E-state index contributed by atoms with van der Waals surface area (Å²) in [4.78, 5) is 0. The van der Waals surface area contributed by atoms with Crippen LogP contribution in [0.1, 0.15) is 78.6 Å².